The Hall–Kier alpha value is -0.620. The lowest BCUT2D eigenvalue weighted by atomic mass is 10.0. The first-order valence-corrected chi connectivity index (χ1v) is 8.10. The van der Waals surface area contributed by atoms with Crippen molar-refractivity contribution in [2.45, 2.75) is 38.4 Å². The summed E-state index contributed by atoms with van der Waals surface area (Å²) < 4.78 is 2.04. The standard InChI is InChI=1S/C15H28ClN5/c1-11(2)21-15(13(16)9-18-21)14(17-3)8-12-10-19(4)6-7-20(12)5/h9,11-12,14,17H,6-8,10H2,1-5H3. The van der Waals surface area contributed by atoms with Crippen LogP contribution in [-0.2, 0) is 0 Å². The number of nitrogens with zero attached hydrogens (tertiary/aromatic N) is 4. The van der Waals surface area contributed by atoms with Crippen molar-refractivity contribution < 1.29 is 0 Å². The number of aromatic nitrogens is 2. The van der Waals surface area contributed by atoms with Crippen LogP contribution < -0.4 is 5.32 Å². The Balaban J connectivity index is 2.18. The Morgan fingerprint density at radius 3 is 2.71 bits per heavy atom. The fourth-order valence-electron chi connectivity index (χ4n) is 3.08. The van der Waals surface area contributed by atoms with Gasteiger partial charge in [-0.3, -0.25) is 4.68 Å². The van der Waals surface area contributed by atoms with E-state index in [4.69, 9.17) is 11.6 Å². The van der Waals surface area contributed by atoms with Crippen LogP contribution in [0.1, 0.15) is 38.0 Å². The van der Waals surface area contributed by atoms with Crippen LogP contribution in [0.2, 0.25) is 5.02 Å². The summed E-state index contributed by atoms with van der Waals surface area (Å²) in [6.07, 6.45) is 2.80. The van der Waals surface area contributed by atoms with Crippen molar-refractivity contribution in [2.24, 2.45) is 0 Å². The number of rotatable bonds is 5. The lowest BCUT2D eigenvalue weighted by Crippen LogP contribution is -2.51. The van der Waals surface area contributed by atoms with Crippen LogP contribution in [0.15, 0.2) is 6.20 Å². The highest BCUT2D eigenvalue weighted by molar-refractivity contribution is 6.31. The van der Waals surface area contributed by atoms with Crippen molar-refractivity contribution in [2.75, 3.05) is 40.8 Å². The molecular formula is C15H28ClN5. The zero-order valence-electron chi connectivity index (χ0n) is 13.8. The normalized spacial score (nSPS) is 22.9. The van der Waals surface area contributed by atoms with Crippen LogP contribution in [0.25, 0.3) is 0 Å². The van der Waals surface area contributed by atoms with E-state index in [9.17, 15) is 0 Å². The minimum atomic E-state index is 0.223. The lowest BCUT2D eigenvalue weighted by Gasteiger charge is -2.39. The van der Waals surface area contributed by atoms with Gasteiger partial charge in [0.1, 0.15) is 0 Å². The second-order valence-corrected chi connectivity index (χ2v) is 6.80. The summed E-state index contributed by atoms with van der Waals surface area (Å²) in [6, 6.07) is 1.07. The fourth-order valence-corrected chi connectivity index (χ4v) is 3.34. The third-order valence-corrected chi connectivity index (χ3v) is 4.73. The predicted molar refractivity (Wildman–Crippen MR) is 88.0 cm³/mol. The van der Waals surface area contributed by atoms with Gasteiger partial charge in [0, 0.05) is 31.7 Å². The van der Waals surface area contributed by atoms with E-state index in [1.54, 1.807) is 6.20 Å². The SMILES string of the molecule is CNC(CC1CN(C)CCN1C)c1c(Cl)cnn1C(C)C. The van der Waals surface area contributed by atoms with Gasteiger partial charge in [-0.1, -0.05) is 11.6 Å². The molecule has 1 aliphatic heterocycles. The van der Waals surface area contributed by atoms with Gasteiger partial charge >= 0.3 is 0 Å². The first kappa shape index (κ1) is 16.7. The first-order chi connectivity index (χ1) is 9.93. The first-order valence-electron chi connectivity index (χ1n) is 7.73. The van der Waals surface area contributed by atoms with Crippen LogP contribution in [0.4, 0.5) is 0 Å². The molecular weight excluding hydrogens is 286 g/mol. The van der Waals surface area contributed by atoms with E-state index in [-0.39, 0.29) is 6.04 Å². The molecule has 0 aliphatic carbocycles. The average Bonchev–Trinajstić information content (AvgIpc) is 2.82. The van der Waals surface area contributed by atoms with Crippen molar-refractivity contribution in [3.63, 3.8) is 0 Å². The molecule has 2 heterocycles. The number of hydrogen-bond acceptors (Lipinski definition) is 4. The molecule has 1 aliphatic rings. The Morgan fingerprint density at radius 1 is 1.38 bits per heavy atom. The van der Waals surface area contributed by atoms with Crippen LogP contribution in [0.3, 0.4) is 0 Å². The molecule has 5 nitrogen and oxygen atoms in total. The molecule has 0 bridgehead atoms. The van der Waals surface area contributed by atoms with Crippen molar-refractivity contribution in [3.05, 3.63) is 16.9 Å². The van der Waals surface area contributed by atoms with Crippen molar-refractivity contribution in [1.29, 1.82) is 0 Å². The monoisotopic (exact) mass is 313 g/mol. The number of piperazine rings is 1. The maximum absolute atomic E-state index is 6.40. The number of nitrogens with one attached hydrogen (secondary N) is 1. The molecule has 0 radical (unpaired) electrons. The highest BCUT2D eigenvalue weighted by Crippen LogP contribution is 2.29. The molecule has 0 saturated carbocycles. The van der Waals surface area contributed by atoms with Crippen molar-refractivity contribution in [1.82, 2.24) is 24.9 Å². The zero-order valence-corrected chi connectivity index (χ0v) is 14.6. The van der Waals surface area contributed by atoms with Gasteiger partial charge < -0.3 is 15.1 Å². The number of halogens is 1. The summed E-state index contributed by atoms with van der Waals surface area (Å²) in [5.41, 5.74) is 1.11. The van der Waals surface area contributed by atoms with Crippen LogP contribution in [-0.4, -0.2) is 66.4 Å². The molecule has 1 saturated heterocycles. The smallest absolute Gasteiger partial charge is 0.0834 e. The third kappa shape index (κ3) is 3.77. The molecule has 1 aromatic rings. The highest BCUT2D eigenvalue weighted by Gasteiger charge is 2.28. The van der Waals surface area contributed by atoms with Gasteiger partial charge in [0.25, 0.3) is 0 Å². The van der Waals surface area contributed by atoms with E-state index < -0.39 is 0 Å². The van der Waals surface area contributed by atoms with Crippen molar-refractivity contribution in [3.8, 4) is 0 Å². The van der Waals surface area contributed by atoms with Crippen LogP contribution in [0.5, 0.6) is 0 Å². The van der Waals surface area contributed by atoms with Crippen molar-refractivity contribution >= 4 is 11.6 Å². The molecule has 2 rings (SSSR count). The molecule has 0 amide bonds. The average molecular weight is 314 g/mol. The van der Waals surface area contributed by atoms with Gasteiger partial charge in [0.2, 0.25) is 0 Å². The summed E-state index contributed by atoms with van der Waals surface area (Å²) in [5.74, 6) is 0. The van der Waals surface area contributed by atoms with E-state index in [1.165, 1.54) is 0 Å². The lowest BCUT2D eigenvalue weighted by molar-refractivity contribution is 0.101. The van der Waals surface area contributed by atoms with Gasteiger partial charge in [-0.2, -0.15) is 5.10 Å². The Morgan fingerprint density at radius 2 is 2.10 bits per heavy atom. The molecule has 1 fully saturated rings. The molecule has 0 spiro atoms. The summed E-state index contributed by atoms with van der Waals surface area (Å²) >= 11 is 6.40. The summed E-state index contributed by atoms with van der Waals surface area (Å²) in [5, 5.41) is 8.62. The molecule has 6 heteroatoms. The zero-order chi connectivity index (χ0) is 15.6. The van der Waals surface area contributed by atoms with E-state index >= 15 is 0 Å². The minimum Gasteiger partial charge on any atom is -0.312 e. The van der Waals surface area contributed by atoms with Gasteiger partial charge in [-0.05, 0) is 41.4 Å². The topological polar surface area (TPSA) is 36.3 Å². The highest BCUT2D eigenvalue weighted by atomic mass is 35.5. The molecule has 2 atom stereocenters. The Labute approximate surface area is 133 Å². The molecule has 1 N–H and O–H groups in total. The number of hydrogen-bond donors (Lipinski definition) is 1. The maximum atomic E-state index is 6.40. The van der Waals surface area contributed by atoms with Gasteiger partial charge in [0.05, 0.1) is 23.0 Å². The second-order valence-electron chi connectivity index (χ2n) is 6.39. The number of likely N-dealkylation sites (N-methyl/N-ethyl adjacent to an activating group) is 2. The molecule has 21 heavy (non-hydrogen) atoms. The summed E-state index contributed by atoms with van der Waals surface area (Å²) in [4.78, 5) is 4.85. The van der Waals surface area contributed by atoms with Crippen LogP contribution in [0, 0.1) is 0 Å². The van der Waals surface area contributed by atoms with Gasteiger partial charge in [0.15, 0.2) is 0 Å². The maximum Gasteiger partial charge on any atom is 0.0834 e. The molecule has 1 aromatic heterocycles. The van der Waals surface area contributed by atoms with E-state index in [2.05, 4.69) is 48.2 Å². The Bertz CT molecular complexity index is 459. The third-order valence-electron chi connectivity index (χ3n) is 4.44. The van der Waals surface area contributed by atoms with Gasteiger partial charge in [-0.25, -0.2) is 0 Å². The fraction of sp³-hybridized carbons (Fsp3) is 0.800. The molecule has 120 valence electrons. The minimum absolute atomic E-state index is 0.223. The van der Waals surface area contributed by atoms with E-state index in [0.29, 0.717) is 12.1 Å². The van der Waals surface area contributed by atoms with Crippen LogP contribution >= 0.6 is 11.6 Å². The van der Waals surface area contributed by atoms with E-state index in [1.807, 2.05) is 11.7 Å². The van der Waals surface area contributed by atoms with Gasteiger partial charge in [-0.15, -0.1) is 0 Å². The molecule has 2 unspecified atom stereocenters. The van der Waals surface area contributed by atoms with E-state index in [0.717, 1.165) is 36.8 Å². The molecule has 0 aromatic carbocycles. The largest absolute Gasteiger partial charge is 0.312 e. The quantitative estimate of drug-likeness (QED) is 0.902. The predicted octanol–water partition coefficient (Wildman–Crippen LogP) is 2.01. The Kier molecular flexibility index (Phi) is 5.66. The second kappa shape index (κ2) is 7.09. The summed E-state index contributed by atoms with van der Waals surface area (Å²) in [6.45, 7) is 7.64. The summed E-state index contributed by atoms with van der Waals surface area (Å²) in [7, 11) is 6.41.